The molecule has 0 amide bonds. The molecule has 0 bridgehead atoms. The standard InChI is InChI=1S/C13H24N2O/c1-3-12(4-2)15-9-6-13(7-10-15)16-11-5-8-14/h1,12-13H,4-11,14H2,2H3. The summed E-state index contributed by atoms with van der Waals surface area (Å²) in [6, 6.07) is 0.310. The quantitative estimate of drug-likeness (QED) is 0.545. The number of nitrogens with two attached hydrogens (primary N) is 1. The van der Waals surface area contributed by atoms with E-state index in [0.29, 0.717) is 18.7 Å². The average Bonchev–Trinajstić information content (AvgIpc) is 2.33. The third-order valence-corrected chi connectivity index (χ3v) is 3.20. The number of piperidine rings is 1. The highest BCUT2D eigenvalue weighted by Gasteiger charge is 2.23. The molecule has 16 heavy (non-hydrogen) atoms. The summed E-state index contributed by atoms with van der Waals surface area (Å²) < 4.78 is 5.76. The molecule has 0 saturated carbocycles. The van der Waals surface area contributed by atoms with Crippen LogP contribution in [0.5, 0.6) is 0 Å². The van der Waals surface area contributed by atoms with E-state index in [1.54, 1.807) is 0 Å². The van der Waals surface area contributed by atoms with Gasteiger partial charge in [0, 0.05) is 19.7 Å². The number of rotatable bonds is 6. The van der Waals surface area contributed by atoms with Gasteiger partial charge in [0.15, 0.2) is 0 Å². The van der Waals surface area contributed by atoms with Crippen molar-refractivity contribution in [2.75, 3.05) is 26.2 Å². The monoisotopic (exact) mass is 224 g/mol. The maximum Gasteiger partial charge on any atom is 0.0709 e. The molecule has 3 nitrogen and oxygen atoms in total. The van der Waals surface area contributed by atoms with Crippen molar-refractivity contribution in [3.63, 3.8) is 0 Å². The van der Waals surface area contributed by atoms with Gasteiger partial charge in [-0.3, -0.25) is 4.90 Å². The van der Waals surface area contributed by atoms with Crippen LogP contribution in [0.3, 0.4) is 0 Å². The van der Waals surface area contributed by atoms with Crippen LogP contribution in [0.25, 0.3) is 0 Å². The van der Waals surface area contributed by atoms with Crippen LogP contribution in [0.2, 0.25) is 0 Å². The topological polar surface area (TPSA) is 38.5 Å². The molecule has 1 unspecified atom stereocenters. The van der Waals surface area contributed by atoms with Crippen LogP contribution >= 0.6 is 0 Å². The van der Waals surface area contributed by atoms with Gasteiger partial charge in [-0.2, -0.15) is 0 Å². The molecule has 92 valence electrons. The zero-order valence-corrected chi connectivity index (χ0v) is 10.3. The summed E-state index contributed by atoms with van der Waals surface area (Å²) in [6.07, 6.45) is 10.1. The van der Waals surface area contributed by atoms with Gasteiger partial charge in [0.1, 0.15) is 0 Å². The maximum atomic E-state index is 5.76. The van der Waals surface area contributed by atoms with Crippen molar-refractivity contribution in [3.05, 3.63) is 0 Å². The van der Waals surface area contributed by atoms with Crippen molar-refractivity contribution in [1.29, 1.82) is 0 Å². The van der Waals surface area contributed by atoms with Crippen molar-refractivity contribution >= 4 is 0 Å². The van der Waals surface area contributed by atoms with E-state index in [4.69, 9.17) is 16.9 Å². The minimum Gasteiger partial charge on any atom is -0.378 e. The molecule has 0 aromatic rings. The van der Waals surface area contributed by atoms with Crippen LogP contribution < -0.4 is 5.73 Å². The van der Waals surface area contributed by atoms with Crippen molar-refractivity contribution in [1.82, 2.24) is 4.90 Å². The molecule has 0 aliphatic carbocycles. The van der Waals surface area contributed by atoms with Crippen molar-refractivity contribution in [3.8, 4) is 12.3 Å². The Balaban J connectivity index is 2.20. The summed E-state index contributed by atoms with van der Waals surface area (Å²) >= 11 is 0. The Morgan fingerprint density at radius 3 is 2.69 bits per heavy atom. The fraction of sp³-hybridized carbons (Fsp3) is 0.846. The van der Waals surface area contributed by atoms with Gasteiger partial charge >= 0.3 is 0 Å². The van der Waals surface area contributed by atoms with Gasteiger partial charge in [0.2, 0.25) is 0 Å². The summed E-state index contributed by atoms with van der Waals surface area (Å²) in [4.78, 5) is 2.39. The number of nitrogens with zero attached hydrogens (tertiary/aromatic N) is 1. The van der Waals surface area contributed by atoms with E-state index >= 15 is 0 Å². The van der Waals surface area contributed by atoms with Gasteiger partial charge in [-0.15, -0.1) is 6.42 Å². The number of hydrogen-bond acceptors (Lipinski definition) is 3. The summed E-state index contributed by atoms with van der Waals surface area (Å²) in [6.45, 7) is 5.79. The molecule has 0 aromatic carbocycles. The molecule has 1 aliphatic rings. The molecule has 0 spiro atoms. The fourth-order valence-electron chi connectivity index (χ4n) is 2.17. The highest BCUT2D eigenvalue weighted by Crippen LogP contribution is 2.17. The third kappa shape index (κ3) is 4.13. The second kappa shape index (κ2) is 7.67. The molecule has 1 rings (SSSR count). The first-order chi connectivity index (χ1) is 7.81. The van der Waals surface area contributed by atoms with Gasteiger partial charge in [-0.1, -0.05) is 12.8 Å². The first-order valence-electron chi connectivity index (χ1n) is 6.33. The molecular formula is C13H24N2O. The number of terminal acetylenes is 1. The lowest BCUT2D eigenvalue weighted by Gasteiger charge is -2.34. The van der Waals surface area contributed by atoms with Crippen molar-refractivity contribution in [2.24, 2.45) is 5.73 Å². The number of likely N-dealkylation sites (tertiary alicyclic amines) is 1. The first kappa shape index (κ1) is 13.5. The summed E-state index contributed by atoms with van der Waals surface area (Å²) in [5.41, 5.74) is 5.43. The average molecular weight is 224 g/mol. The lowest BCUT2D eigenvalue weighted by Crippen LogP contribution is -2.42. The second-order valence-electron chi connectivity index (χ2n) is 4.34. The van der Waals surface area contributed by atoms with E-state index in [0.717, 1.165) is 45.4 Å². The van der Waals surface area contributed by atoms with E-state index in [1.807, 2.05) is 0 Å². The van der Waals surface area contributed by atoms with Crippen LogP contribution in [0.15, 0.2) is 0 Å². The Morgan fingerprint density at radius 2 is 2.19 bits per heavy atom. The van der Waals surface area contributed by atoms with E-state index < -0.39 is 0 Å². The lowest BCUT2D eigenvalue weighted by atomic mass is 10.0. The zero-order chi connectivity index (χ0) is 11.8. The Morgan fingerprint density at radius 1 is 1.50 bits per heavy atom. The highest BCUT2D eigenvalue weighted by molar-refractivity contribution is 5.00. The molecule has 1 atom stereocenters. The first-order valence-corrected chi connectivity index (χ1v) is 6.33. The maximum absolute atomic E-state index is 5.76. The van der Waals surface area contributed by atoms with E-state index in [2.05, 4.69) is 17.7 Å². The summed E-state index contributed by atoms with van der Waals surface area (Å²) in [7, 11) is 0. The zero-order valence-electron chi connectivity index (χ0n) is 10.3. The molecule has 1 aliphatic heterocycles. The van der Waals surface area contributed by atoms with E-state index in [1.165, 1.54) is 0 Å². The van der Waals surface area contributed by atoms with Gasteiger partial charge in [-0.25, -0.2) is 0 Å². The molecular weight excluding hydrogens is 200 g/mol. The Bertz CT molecular complexity index is 216. The van der Waals surface area contributed by atoms with Crippen LogP contribution in [-0.4, -0.2) is 43.3 Å². The smallest absolute Gasteiger partial charge is 0.0709 e. The van der Waals surface area contributed by atoms with Crippen LogP contribution in [0, 0.1) is 12.3 Å². The van der Waals surface area contributed by atoms with Gasteiger partial charge in [-0.05, 0) is 32.2 Å². The van der Waals surface area contributed by atoms with Gasteiger partial charge < -0.3 is 10.5 Å². The van der Waals surface area contributed by atoms with Gasteiger partial charge in [0.25, 0.3) is 0 Å². The number of ether oxygens (including phenoxy) is 1. The minimum atomic E-state index is 0.310. The predicted molar refractivity (Wildman–Crippen MR) is 67.1 cm³/mol. The Kier molecular flexibility index (Phi) is 6.47. The largest absolute Gasteiger partial charge is 0.378 e. The molecule has 1 heterocycles. The van der Waals surface area contributed by atoms with Gasteiger partial charge in [0.05, 0.1) is 12.1 Å². The van der Waals surface area contributed by atoms with E-state index in [9.17, 15) is 0 Å². The van der Waals surface area contributed by atoms with Crippen molar-refractivity contribution in [2.45, 2.75) is 44.8 Å². The molecule has 0 aromatic heterocycles. The predicted octanol–water partition coefficient (Wildman–Crippen LogP) is 1.23. The van der Waals surface area contributed by atoms with Crippen LogP contribution in [0.4, 0.5) is 0 Å². The normalized spacial score (nSPS) is 20.6. The number of hydrogen-bond donors (Lipinski definition) is 1. The summed E-state index contributed by atoms with van der Waals surface area (Å²) in [5.74, 6) is 2.86. The highest BCUT2D eigenvalue weighted by atomic mass is 16.5. The molecule has 0 radical (unpaired) electrons. The second-order valence-corrected chi connectivity index (χ2v) is 4.34. The minimum absolute atomic E-state index is 0.310. The Labute approximate surface area is 99.3 Å². The van der Waals surface area contributed by atoms with Crippen LogP contribution in [-0.2, 0) is 4.74 Å². The van der Waals surface area contributed by atoms with Crippen molar-refractivity contribution < 1.29 is 4.74 Å². The Hall–Kier alpha value is -0.560. The lowest BCUT2D eigenvalue weighted by molar-refractivity contribution is 0.00248. The molecule has 2 N–H and O–H groups in total. The van der Waals surface area contributed by atoms with Crippen LogP contribution in [0.1, 0.15) is 32.6 Å². The molecule has 1 fully saturated rings. The fourth-order valence-corrected chi connectivity index (χ4v) is 2.17. The molecule has 1 saturated heterocycles. The third-order valence-electron chi connectivity index (χ3n) is 3.20. The van der Waals surface area contributed by atoms with E-state index in [-0.39, 0.29) is 0 Å². The molecule has 3 heteroatoms. The summed E-state index contributed by atoms with van der Waals surface area (Å²) in [5, 5.41) is 0. The SMILES string of the molecule is C#CC(CC)N1CCC(OCCCN)CC1.